The quantitative estimate of drug-likeness (QED) is 0.481. The van der Waals surface area contributed by atoms with Gasteiger partial charge >= 0.3 is 0 Å². The second-order valence-electron chi connectivity index (χ2n) is 6.45. The van der Waals surface area contributed by atoms with Crippen LogP contribution in [0, 0.1) is 0 Å². The lowest BCUT2D eigenvalue weighted by Crippen LogP contribution is -2.42. The normalized spacial score (nSPS) is 10.6. The standard InChI is InChI=1S/C22H17ClN4O3/c23-16-8-10-17(11-9-16)27-19(20-7-4-12-30-20)14-18(26-27)22(29)25-24-21(28)13-15-5-2-1-3-6-15/h1-12,14H,13H2,(H,24,28)(H,25,29). The van der Waals surface area contributed by atoms with Crippen molar-refractivity contribution in [2.24, 2.45) is 0 Å². The van der Waals surface area contributed by atoms with E-state index < -0.39 is 5.91 Å². The van der Waals surface area contributed by atoms with Crippen molar-refractivity contribution in [3.05, 3.63) is 95.3 Å². The smallest absolute Gasteiger partial charge is 0.290 e. The third kappa shape index (κ3) is 4.42. The summed E-state index contributed by atoms with van der Waals surface area (Å²) in [5.41, 5.74) is 7.07. The largest absolute Gasteiger partial charge is 0.463 e. The molecule has 4 aromatic rings. The van der Waals surface area contributed by atoms with Crippen LogP contribution >= 0.6 is 11.6 Å². The Morgan fingerprint density at radius 2 is 1.73 bits per heavy atom. The number of nitrogens with zero attached hydrogens (tertiary/aromatic N) is 2. The van der Waals surface area contributed by atoms with E-state index >= 15 is 0 Å². The first-order chi connectivity index (χ1) is 14.6. The Morgan fingerprint density at radius 3 is 2.43 bits per heavy atom. The number of benzene rings is 2. The van der Waals surface area contributed by atoms with E-state index in [0.29, 0.717) is 22.2 Å². The number of amides is 2. The summed E-state index contributed by atoms with van der Waals surface area (Å²) in [4.78, 5) is 24.7. The van der Waals surface area contributed by atoms with Crippen LogP contribution in [0.4, 0.5) is 0 Å². The van der Waals surface area contributed by atoms with E-state index in [2.05, 4.69) is 16.0 Å². The Hall–Kier alpha value is -3.84. The van der Waals surface area contributed by atoms with E-state index in [0.717, 1.165) is 5.56 Å². The average molecular weight is 421 g/mol. The maximum absolute atomic E-state index is 12.6. The highest BCUT2D eigenvalue weighted by Gasteiger charge is 2.18. The van der Waals surface area contributed by atoms with Crippen LogP contribution in [-0.2, 0) is 11.2 Å². The summed E-state index contributed by atoms with van der Waals surface area (Å²) >= 11 is 5.97. The van der Waals surface area contributed by atoms with Crippen LogP contribution in [0.25, 0.3) is 17.1 Å². The zero-order valence-corrected chi connectivity index (χ0v) is 16.5. The van der Waals surface area contributed by atoms with Crippen LogP contribution in [0.1, 0.15) is 16.1 Å². The number of hydrogen-bond donors (Lipinski definition) is 2. The zero-order valence-electron chi connectivity index (χ0n) is 15.7. The van der Waals surface area contributed by atoms with Crippen molar-refractivity contribution in [2.45, 2.75) is 6.42 Å². The molecule has 150 valence electrons. The number of carbonyl (C=O) groups excluding carboxylic acids is 2. The minimum Gasteiger partial charge on any atom is -0.463 e. The van der Waals surface area contributed by atoms with E-state index in [1.165, 1.54) is 6.26 Å². The van der Waals surface area contributed by atoms with E-state index in [9.17, 15) is 9.59 Å². The molecule has 8 heteroatoms. The van der Waals surface area contributed by atoms with Crippen LogP contribution in [0.5, 0.6) is 0 Å². The molecule has 0 fully saturated rings. The van der Waals surface area contributed by atoms with Gasteiger partial charge in [0, 0.05) is 11.1 Å². The maximum atomic E-state index is 12.6. The van der Waals surface area contributed by atoms with Gasteiger partial charge in [0.25, 0.3) is 5.91 Å². The van der Waals surface area contributed by atoms with E-state index in [1.54, 1.807) is 47.1 Å². The molecule has 0 aliphatic carbocycles. The SMILES string of the molecule is O=C(Cc1ccccc1)NNC(=O)c1cc(-c2ccco2)n(-c2ccc(Cl)cc2)n1. The molecule has 30 heavy (non-hydrogen) atoms. The molecule has 4 rings (SSSR count). The number of nitrogens with one attached hydrogen (secondary N) is 2. The molecule has 0 atom stereocenters. The van der Waals surface area contributed by atoms with Gasteiger partial charge in [0.1, 0.15) is 5.69 Å². The Kier molecular flexibility index (Phi) is 5.63. The fourth-order valence-electron chi connectivity index (χ4n) is 2.89. The summed E-state index contributed by atoms with van der Waals surface area (Å²) in [6.45, 7) is 0. The summed E-state index contributed by atoms with van der Waals surface area (Å²) in [5.74, 6) is -0.334. The molecule has 7 nitrogen and oxygen atoms in total. The van der Waals surface area contributed by atoms with Crippen molar-refractivity contribution in [1.82, 2.24) is 20.6 Å². The minimum absolute atomic E-state index is 0.122. The first-order valence-corrected chi connectivity index (χ1v) is 9.51. The predicted octanol–water partition coefficient (Wildman–Crippen LogP) is 3.79. The third-order valence-corrected chi connectivity index (χ3v) is 4.56. The summed E-state index contributed by atoms with van der Waals surface area (Å²) in [6.07, 6.45) is 1.69. The summed E-state index contributed by atoms with van der Waals surface area (Å²) in [7, 11) is 0. The number of hydrazine groups is 1. The molecule has 2 N–H and O–H groups in total. The first kappa shape index (κ1) is 19.5. The summed E-state index contributed by atoms with van der Waals surface area (Å²) in [5, 5.41) is 4.97. The van der Waals surface area contributed by atoms with Gasteiger partial charge in [0.15, 0.2) is 11.5 Å². The van der Waals surface area contributed by atoms with Gasteiger partial charge in [-0.05, 0) is 42.0 Å². The number of hydrogen-bond acceptors (Lipinski definition) is 4. The van der Waals surface area contributed by atoms with Gasteiger partial charge in [-0.3, -0.25) is 20.4 Å². The van der Waals surface area contributed by atoms with Crippen LogP contribution in [-0.4, -0.2) is 21.6 Å². The Bertz CT molecular complexity index is 1150. The maximum Gasteiger partial charge on any atom is 0.290 e. The van der Waals surface area contributed by atoms with Crippen LogP contribution in [0.15, 0.2) is 83.5 Å². The number of aromatic nitrogens is 2. The summed E-state index contributed by atoms with van der Waals surface area (Å²) in [6, 6.07) is 21.4. The average Bonchev–Trinajstić information content (AvgIpc) is 3.43. The molecular formula is C22H17ClN4O3. The lowest BCUT2D eigenvalue weighted by molar-refractivity contribution is -0.121. The highest BCUT2D eigenvalue weighted by molar-refractivity contribution is 6.30. The van der Waals surface area contributed by atoms with Gasteiger partial charge in [-0.1, -0.05) is 41.9 Å². The molecular weight excluding hydrogens is 404 g/mol. The van der Waals surface area contributed by atoms with E-state index in [1.807, 2.05) is 30.3 Å². The van der Waals surface area contributed by atoms with Crippen molar-refractivity contribution in [1.29, 1.82) is 0 Å². The molecule has 0 saturated heterocycles. The molecule has 2 amide bonds. The number of furan rings is 1. The van der Waals surface area contributed by atoms with Gasteiger partial charge in [-0.2, -0.15) is 5.10 Å². The number of rotatable bonds is 5. The molecule has 0 bridgehead atoms. The second kappa shape index (κ2) is 8.67. The van der Waals surface area contributed by atoms with Crippen LogP contribution < -0.4 is 10.9 Å². The van der Waals surface area contributed by atoms with Crippen molar-refractivity contribution in [3.63, 3.8) is 0 Å². The van der Waals surface area contributed by atoms with Gasteiger partial charge in [0.2, 0.25) is 5.91 Å². The topological polar surface area (TPSA) is 89.2 Å². The highest BCUT2D eigenvalue weighted by Crippen LogP contribution is 2.25. The third-order valence-electron chi connectivity index (χ3n) is 4.31. The lowest BCUT2D eigenvalue weighted by atomic mass is 10.1. The molecule has 0 saturated carbocycles. The van der Waals surface area contributed by atoms with Crippen LogP contribution in [0.3, 0.4) is 0 Å². The Morgan fingerprint density at radius 1 is 0.967 bits per heavy atom. The van der Waals surface area contributed by atoms with Crippen molar-refractivity contribution >= 4 is 23.4 Å². The van der Waals surface area contributed by atoms with Crippen LogP contribution in [0.2, 0.25) is 5.02 Å². The summed E-state index contributed by atoms with van der Waals surface area (Å²) < 4.78 is 7.05. The second-order valence-corrected chi connectivity index (χ2v) is 6.88. The number of halogens is 1. The number of carbonyl (C=O) groups is 2. The Balaban J connectivity index is 1.52. The van der Waals surface area contributed by atoms with Crippen molar-refractivity contribution in [3.8, 4) is 17.1 Å². The van der Waals surface area contributed by atoms with E-state index in [-0.39, 0.29) is 18.0 Å². The molecule has 2 heterocycles. The molecule has 0 spiro atoms. The molecule has 2 aromatic carbocycles. The van der Waals surface area contributed by atoms with E-state index in [4.69, 9.17) is 16.0 Å². The minimum atomic E-state index is -0.545. The molecule has 0 radical (unpaired) electrons. The van der Waals surface area contributed by atoms with Crippen molar-refractivity contribution < 1.29 is 14.0 Å². The molecule has 0 unspecified atom stereocenters. The highest BCUT2D eigenvalue weighted by atomic mass is 35.5. The monoisotopic (exact) mass is 420 g/mol. The lowest BCUT2D eigenvalue weighted by Gasteiger charge is -2.06. The molecule has 0 aliphatic rings. The molecule has 2 aromatic heterocycles. The van der Waals surface area contributed by atoms with Gasteiger partial charge < -0.3 is 4.42 Å². The fraction of sp³-hybridized carbons (Fsp3) is 0.0455. The predicted molar refractivity (Wildman–Crippen MR) is 112 cm³/mol. The fourth-order valence-corrected chi connectivity index (χ4v) is 3.01. The van der Waals surface area contributed by atoms with Gasteiger partial charge in [-0.25, -0.2) is 4.68 Å². The first-order valence-electron chi connectivity index (χ1n) is 9.13. The zero-order chi connectivity index (χ0) is 20.9. The molecule has 0 aliphatic heterocycles. The van der Waals surface area contributed by atoms with Gasteiger partial charge in [0.05, 0.1) is 18.4 Å². The van der Waals surface area contributed by atoms with Crippen molar-refractivity contribution in [2.75, 3.05) is 0 Å². The Labute approximate surface area is 177 Å². The van der Waals surface area contributed by atoms with Gasteiger partial charge in [-0.15, -0.1) is 0 Å².